The van der Waals surface area contributed by atoms with Gasteiger partial charge in [0.25, 0.3) is 0 Å². The quantitative estimate of drug-likeness (QED) is 0.677. The Bertz CT molecular complexity index is 337. The van der Waals surface area contributed by atoms with Crippen LogP contribution in [0.25, 0.3) is 0 Å². The summed E-state index contributed by atoms with van der Waals surface area (Å²) in [4.78, 5) is 14.5. The van der Waals surface area contributed by atoms with Crippen molar-refractivity contribution >= 4 is 5.78 Å². The average molecular weight is 217 g/mol. The first kappa shape index (κ1) is 11.3. The highest BCUT2D eigenvalue weighted by atomic mass is 16.1. The van der Waals surface area contributed by atoms with E-state index in [1.165, 1.54) is 25.3 Å². The second kappa shape index (κ2) is 4.79. The number of rotatable bonds is 3. The lowest BCUT2D eigenvalue weighted by atomic mass is 9.83. The predicted molar refractivity (Wildman–Crippen MR) is 66.3 cm³/mol. The van der Waals surface area contributed by atoms with Crippen LogP contribution in [0.15, 0.2) is 37.0 Å². The molecule has 1 saturated heterocycles. The monoisotopic (exact) mass is 217 g/mol. The van der Waals surface area contributed by atoms with Crippen LogP contribution >= 0.6 is 0 Å². The van der Waals surface area contributed by atoms with Gasteiger partial charge in [0.05, 0.1) is 0 Å². The minimum absolute atomic E-state index is 0.134. The van der Waals surface area contributed by atoms with Gasteiger partial charge in [-0.05, 0) is 38.4 Å². The van der Waals surface area contributed by atoms with Gasteiger partial charge in [-0.1, -0.05) is 37.3 Å². The molecule has 1 atom stereocenters. The SMILES string of the molecule is C=CC(=O)C1(N2CCCCC2)C=CC=CC1. The topological polar surface area (TPSA) is 20.3 Å². The van der Waals surface area contributed by atoms with E-state index in [9.17, 15) is 4.79 Å². The lowest BCUT2D eigenvalue weighted by molar-refractivity contribution is -0.124. The zero-order valence-corrected chi connectivity index (χ0v) is 9.69. The molecule has 0 aromatic rings. The average Bonchev–Trinajstić information content (AvgIpc) is 2.39. The van der Waals surface area contributed by atoms with E-state index >= 15 is 0 Å². The summed E-state index contributed by atoms with van der Waals surface area (Å²) in [6, 6.07) is 0. The summed E-state index contributed by atoms with van der Waals surface area (Å²) >= 11 is 0. The van der Waals surface area contributed by atoms with E-state index < -0.39 is 5.54 Å². The summed E-state index contributed by atoms with van der Waals surface area (Å²) in [5.74, 6) is 0.134. The van der Waals surface area contributed by atoms with Gasteiger partial charge in [0.15, 0.2) is 5.78 Å². The Kier molecular flexibility index (Phi) is 3.39. The number of piperidine rings is 1. The molecule has 0 saturated carbocycles. The first-order chi connectivity index (χ1) is 7.79. The van der Waals surface area contributed by atoms with E-state index in [4.69, 9.17) is 0 Å². The van der Waals surface area contributed by atoms with Crippen molar-refractivity contribution < 1.29 is 4.79 Å². The van der Waals surface area contributed by atoms with Crippen LogP contribution in [0.2, 0.25) is 0 Å². The molecule has 1 fully saturated rings. The van der Waals surface area contributed by atoms with Gasteiger partial charge in [-0.2, -0.15) is 0 Å². The highest BCUT2D eigenvalue weighted by Gasteiger charge is 2.39. The summed E-state index contributed by atoms with van der Waals surface area (Å²) in [7, 11) is 0. The summed E-state index contributed by atoms with van der Waals surface area (Å²) in [6.45, 7) is 5.69. The fourth-order valence-electron chi connectivity index (χ4n) is 2.65. The van der Waals surface area contributed by atoms with Gasteiger partial charge < -0.3 is 0 Å². The smallest absolute Gasteiger partial charge is 0.179 e. The zero-order chi connectivity index (χ0) is 11.4. The third-order valence-corrected chi connectivity index (χ3v) is 3.58. The van der Waals surface area contributed by atoms with Crippen molar-refractivity contribution in [3.63, 3.8) is 0 Å². The number of ketones is 1. The molecule has 0 aromatic heterocycles. The Morgan fingerprint density at radius 3 is 2.56 bits per heavy atom. The molecule has 0 bridgehead atoms. The zero-order valence-electron chi connectivity index (χ0n) is 9.69. The summed E-state index contributed by atoms with van der Waals surface area (Å²) in [5, 5.41) is 0. The third-order valence-electron chi connectivity index (χ3n) is 3.58. The molecule has 1 aliphatic carbocycles. The van der Waals surface area contributed by atoms with Gasteiger partial charge in [-0.15, -0.1) is 0 Å². The highest BCUT2D eigenvalue weighted by Crippen LogP contribution is 2.30. The van der Waals surface area contributed by atoms with Crippen LogP contribution < -0.4 is 0 Å². The maximum absolute atomic E-state index is 12.1. The minimum Gasteiger partial charge on any atom is -0.292 e. The molecule has 2 aliphatic rings. The highest BCUT2D eigenvalue weighted by molar-refractivity contribution is 5.99. The largest absolute Gasteiger partial charge is 0.292 e. The molecular weight excluding hydrogens is 198 g/mol. The van der Waals surface area contributed by atoms with Crippen LogP contribution in [-0.4, -0.2) is 29.3 Å². The van der Waals surface area contributed by atoms with Crippen molar-refractivity contribution in [3.05, 3.63) is 37.0 Å². The molecule has 86 valence electrons. The number of allylic oxidation sites excluding steroid dienone is 2. The lowest BCUT2D eigenvalue weighted by Gasteiger charge is -2.42. The third kappa shape index (κ3) is 1.90. The fourth-order valence-corrected chi connectivity index (χ4v) is 2.65. The number of carbonyl (C=O) groups excluding carboxylic acids is 1. The predicted octanol–water partition coefficient (Wildman–Crippen LogP) is 2.48. The van der Waals surface area contributed by atoms with Gasteiger partial charge in [0, 0.05) is 0 Å². The first-order valence-electron chi connectivity index (χ1n) is 6.06. The van der Waals surface area contributed by atoms with E-state index in [1.807, 2.05) is 18.2 Å². The van der Waals surface area contributed by atoms with E-state index in [0.29, 0.717) is 0 Å². The Balaban J connectivity index is 2.26. The fraction of sp³-hybridized carbons (Fsp3) is 0.500. The van der Waals surface area contributed by atoms with Gasteiger partial charge in [-0.25, -0.2) is 0 Å². The van der Waals surface area contributed by atoms with Gasteiger partial charge in [-0.3, -0.25) is 9.69 Å². The summed E-state index contributed by atoms with van der Waals surface area (Å²) < 4.78 is 0. The summed E-state index contributed by atoms with van der Waals surface area (Å²) in [6.07, 6.45) is 14.1. The first-order valence-corrected chi connectivity index (χ1v) is 6.06. The van der Waals surface area contributed by atoms with E-state index in [-0.39, 0.29) is 5.78 Å². The second-order valence-electron chi connectivity index (χ2n) is 4.53. The molecule has 2 nitrogen and oxygen atoms in total. The molecule has 1 unspecified atom stereocenters. The second-order valence-corrected chi connectivity index (χ2v) is 4.53. The van der Waals surface area contributed by atoms with E-state index in [1.54, 1.807) is 0 Å². The Labute approximate surface area is 97.3 Å². The van der Waals surface area contributed by atoms with Crippen LogP contribution in [0.4, 0.5) is 0 Å². The molecular formula is C14H19NO. The van der Waals surface area contributed by atoms with Crippen LogP contribution in [0, 0.1) is 0 Å². The Morgan fingerprint density at radius 1 is 1.25 bits per heavy atom. The molecule has 2 rings (SSSR count). The number of hydrogen-bond donors (Lipinski definition) is 0. The van der Waals surface area contributed by atoms with Gasteiger partial charge in [0.1, 0.15) is 5.54 Å². The number of carbonyl (C=O) groups is 1. The maximum Gasteiger partial charge on any atom is 0.179 e. The maximum atomic E-state index is 12.1. The lowest BCUT2D eigenvalue weighted by Crippen LogP contribution is -2.54. The van der Waals surface area contributed by atoms with Crippen molar-refractivity contribution in [3.8, 4) is 0 Å². The number of likely N-dealkylation sites (tertiary alicyclic amines) is 1. The molecule has 1 aliphatic heterocycles. The van der Waals surface area contributed by atoms with Crippen molar-refractivity contribution in [2.45, 2.75) is 31.2 Å². The van der Waals surface area contributed by atoms with Gasteiger partial charge in [0.2, 0.25) is 0 Å². The molecule has 0 aromatic carbocycles. The minimum atomic E-state index is -0.434. The van der Waals surface area contributed by atoms with Crippen LogP contribution in [0.3, 0.4) is 0 Å². The summed E-state index contributed by atoms with van der Waals surface area (Å²) in [5.41, 5.74) is -0.434. The van der Waals surface area contributed by atoms with Gasteiger partial charge >= 0.3 is 0 Å². The molecule has 0 radical (unpaired) electrons. The molecule has 0 amide bonds. The van der Waals surface area contributed by atoms with Crippen molar-refractivity contribution in [2.24, 2.45) is 0 Å². The van der Waals surface area contributed by atoms with Crippen molar-refractivity contribution in [1.82, 2.24) is 4.90 Å². The number of nitrogens with zero attached hydrogens (tertiary/aromatic N) is 1. The normalized spacial score (nSPS) is 30.2. The number of hydrogen-bond acceptors (Lipinski definition) is 2. The van der Waals surface area contributed by atoms with E-state index in [2.05, 4.69) is 17.6 Å². The van der Waals surface area contributed by atoms with E-state index in [0.717, 1.165) is 19.5 Å². The molecule has 0 spiro atoms. The molecule has 16 heavy (non-hydrogen) atoms. The Hall–Kier alpha value is -1.15. The Morgan fingerprint density at radius 2 is 2.00 bits per heavy atom. The van der Waals surface area contributed by atoms with Crippen molar-refractivity contribution in [1.29, 1.82) is 0 Å². The van der Waals surface area contributed by atoms with Crippen molar-refractivity contribution in [2.75, 3.05) is 13.1 Å². The van der Waals surface area contributed by atoms with Crippen LogP contribution in [0.1, 0.15) is 25.7 Å². The molecule has 1 heterocycles. The van der Waals surface area contributed by atoms with Crippen LogP contribution in [-0.2, 0) is 4.79 Å². The molecule has 2 heteroatoms. The molecule has 0 N–H and O–H groups in total. The standard InChI is InChI=1S/C14H19NO/c1-2-13(16)14(9-5-3-6-10-14)15-11-7-4-8-12-15/h2-3,5-6,9H,1,4,7-8,10-12H2. The van der Waals surface area contributed by atoms with Crippen LogP contribution in [0.5, 0.6) is 0 Å².